The molecule has 0 radical (unpaired) electrons. The lowest BCUT2D eigenvalue weighted by atomic mass is 10.1. The molecule has 1 N–H and O–H groups in total. The smallest absolute Gasteiger partial charge is 0.355 e. The largest absolute Gasteiger partial charge is 0.416 e. The second-order valence-corrected chi connectivity index (χ2v) is 6.61. The number of rotatable bonds is 5. The molecule has 0 fully saturated rings. The van der Waals surface area contributed by atoms with Crippen LogP contribution in [0.4, 0.5) is 42.1 Å². The Morgan fingerprint density at radius 1 is 0.688 bits per heavy atom. The molecular weight excluding hydrogens is 437 g/mol. The van der Waals surface area contributed by atoms with Crippen molar-refractivity contribution >= 4 is 23.3 Å². The molecule has 0 spiro atoms. The van der Waals surface area contributed by atoms with Gasteiger partial charge in [0.15, 0.2) is 0 Å². The number of alkyl halides is 6. The van der Waals surface area contributed by atoms with Gasteiger partial charge in [0, 0.05) is 17.6 Å². The number of aliphatic imine (C=N–C) groups is 1. The maximum atomic E-state index is 13.3. The van der Waals surface area contributed by atoms with Gasteiger partial charge in [0.2, 0.25) is 0 Å². The zero-order valence-corrected chi connectivity index (χ0v) is 16.2. The van der Waals surface area contributed by atoms with Gasteiger partial charge in [-0.15, -0.1) is 0 Å². The molecule has 0 heterocycles. The summed E-state index contributed by atoms with van der Waals surface area (Å²) < 4.78 is 89.5. The van der Waals surface area contributed by atoms with Gasteiger partial charge in [-0.05, 0) is 84.4 Å². The lowest BCUT2D eigenvalue weighted by molar-refractivity contribution is -0.138. The first-order valence-electron chi connectivity index (χ1n) is 9.14. The fourth-order valence-corrected chi connectivity index (χ4v) is 2.67. The summed E-state index contributed by atoms with van der Waals surface area (Å²) in [6.45, 7) is 0. The van der Waals surface area contributed by atoms with Crippen molar-refractivity contribution < 1.29 is 30.7 Å². The Kier molecular flexibility index (Phi) is 6.67. The van der Waals surface area contributed by atoms with E-state index in [-0.39, 0.29) is 5.69 Å². The molecule has 0 bridgehead atoms. The van der Waals surface area contributed by atoms with Crippen LogP contribution in [0.1, 0.15) is 16.7 Å². The Hall–Kier alpha value is -3.62. The van der Waals surface area contributed by atoms with Crippen molar-refractivity contribution in [1.82, 2.24) is 0 Å². The van der Waals surface area contributed by atoms with E-state index in [0.29, 0.717) is 16.9 Å². The van der Waals surface area contributed by atoms with E-state index in [0.717, 1.165) is 24.3 Å². The van der Waals surface area contributed by atoms with E-state index in [1.165, 1.54) is 60.8 Å². The topological polar surface area (TPSA) is 24.4 Å². The Labute approximate surface area is 178 Å². The van der Waals surface area contributed by atoms with Gasteiger partial charge < -0.3 is 5.32 Å². The zero-order chi connectivity index (χ0) is 23.4. The molecule has 0 aliphatic carbocycles. The Balaban J connectivity index is 1.85. The third-order valence-electron chi connectivity index (χ3n) is 4.31. The highest BCUT2D eigenvalue weighted by Crippen LogP contribution is 2.31. The monoisotopic (exact) mass is 452 g/mol. The SMILES string of the molecule is Fc1ccc(C(=CC=Nc2ccc(C(F)(F)F)cc2)Nc2ccc(C(F)(F)F)cc2)cc1. The predicted molar refractivity (Wildman–Crippen MR) is 109 cm³/mol. The minimum absolute atomic E-state index is 0.266. The summed E-state index contributed by atoms with van der Waals surface area (Å²) in [5.41, 5.74) is -0.0912. The molecule has 9 heteroatoms. The molecular formula is C23H15F7N2. The van der Waals surface area contributed by atoms with Crippen molar-refractivity contribution in [2.24, 2.45) is 4.99 Å². The van der Waals surface area contributed by atoms with E-state index >= 15 is 0 Å². The highest BCUT2D eigenvalue weighted by Gasteiger charge is 2.30. The molecule has 32 heavy (non-hydrogen) atoms. The average Bonchev–Trinajstić information content (AvgIpc) is 2.73. The van der Waals surface area contributed by atoms with Crippen LogP contribution in [0, 0.1) is 5.82 Å². The van der Waals surface area contributed by atoms with Crippen LogP contribution in [-0.4, -0.2) is 6.21 Å². The van der Waals surface area contributed by atoms with Crippen molar-refractivity contribution in [1.29, 1.82) is 0 Å². The van der Waals surface area contributed by atoms with Gasteiger partial charge in [0.05, 0.1) is 16.8 Å². The summed E-state index contributed by atoms with van der Waals surface area (Å²) in [7, 11) is 0. The molecule has 3 aromatic rings. The lowest BCUT2D eigenvalue weighted by Gasteiger charge is -2.12. The first-order valence-corrected chi connectivity index (χ1v) is 9.14. The summed E-state index contributed by atoms with van der Waals surface area (Å²) in [6, 6.07) is 13.9. The molecule has 0 unspecified atom stereocenters. The van der Waals surface area contributed by atoms with E-state index in [4.69, 9.17) is 0 Å². The molecule has 0 amide bonds. The van der Waals surface area contributed by atoms with E-state index in [2.05, 4.69) is 10.3 Å². The molecule has 0 saturated heterocycles. The van der Waals surface area contributed by atoms with Crippen LogP contribution in [0.3, 0.4) is 0 Å². The lowest BCUT2D eigenvalue weighted by Crippen LogP contribution is -2.05. The fraction of sp³-hybridized carbons (Fsp3) is 0.0870. The molecule has 166 valence electrons. The van der Waals surface area contributed by atoms with Gasteiger partial charge in [0.1, 0.15) is 5.82 Å². The highest BCUT2D eigenvalue weighted by atomic mass is 19.4. The van der Waals surface area contributed by atoms with Gasteiger partial charge in [-0.2, -0.15) is 26.3 Å². The molecule has 0 aliphatic heterocycles. The van der Waals surface area contributed by atoms with Crippen LogP contribution in [0.25, 0.3) is 5.70 Å². The molecule has 3 aromatic carbocycles. The van der Waals surface area contributed by atoms with E-state index in [1.54, 1.807) is 0 Å². The Morgan fingerprint density at radius 2 is 1.19 bits per heavy atom. The van der Waals surface area contributed by atoms with E-state index in [9.17, 15) is 30.7 Å². The Bertz CT molecular complexity index is 1090. The van der Waals surface area contributed by atoms with Gasteiger partial charge in [-0.3, -0.25) is 4.99 Å². The zero-order valence-electron chi connectivity index (χ0n) is 16.2. The quantitative estimate of drug-likeness (QED) is 0.311. The summed E-state index contributed by atoms with van der Waals surface area (Å²) >= 11 is 0. The minimum atomic E-state index is -4.47. The van der Waals surface area contributed by atoms with Crippen molar-refractivity contribution in [2.75, 3.05) is 5.32 Å². The van der Waals surface area contributed by atoms with Crippen molar-refractivity contribution in [3.8, 4) is 0 Å². The summed E-state index contributed by atoms with van der Waals surface area (Å²) in [6.07, 6.45) is -6.13. The molecule has 0 atom stereocenters. The third-order valence-corrected chi connectivity index (χ3v) is 4.31. The van der Waals surface area contributed by atoms with Gasteiger partial charge in [0.25, 0.3) is 0 Å². The summed E-state index contributed by atoms with van der Waals surface area (Å²) in [5, 5.41) is 2.94. The standard InChI is InChI=1S/C23H15F7N2/c24-18-7-1-15(2-8-18)21(32-20-11-5-17(6-12-20)23(28,29)30)13-14-31-19-9-3-16(4-10-19)22(25,26)27/h1-14,32H. The number of nitrogens with zero attached hydrogens (tertiary/aromatic N) is 1. The Morgan fingerprint density at radius 3 is 1.69 bits per heavy atom. The highest BCUT2D eigenvalue weighted by molar-refractivity contribution is 5.90. The van der Waals surface area contributed by atoms with Crippen LogP contribution in [-0.2, 0) is 12.4 Å². The number of hydrogen-bond donors (Lipinski definition) is 1. The minimum Gasteiger partial charge on any atom is -0.355 e. The maximum Gasteiger partial charge on any atom is 0.416 e. The van der Waals surface area contributed by atoms with Crippen LogP contribution in [0.5, 0.6) is 0 Å². The predicted octanol–water partition coefficient (Wildman–Crippen LogP) is 7.72. The second-order valence-electron chi connectivity index (χ2n) is 6.61. The van der Waals surface area contributed by atoms with Crippen LogP contribution >= 0.6 is 0 Å². The molecule has 0 aromatic heterocycles. The second kappa shape index (κ2) is 9.25. The number of anilines is 1. The normalized spacial score (nSPS) is 12.9. The first kappa shape index (κ1) is 23.1. The molecule has 0 saturated carbocycles. The van der Waals surface area contributed by atoms with Crippen LogP contribution in [0.2, 0.25) is 0 Å². The number of halogens is 7. The van der Waals surface area contributed by atoms with Crippen LogP contribution < -0.4 is 5.32 Å². The van der Waals surface area contributed by atoms with Crippen molar-refractivity contribution in [2.45, 2.75) is 12.4 Å². The fourth-order valence-electron chi connectivity index (χ4n) is 2.67. The van der Waals surface area contributed by atoms with Gasteiger partial charge >= 0.3 is 12.4 Å². The maximum absolute atomic E-state index is 13.3. The number of benzene rings is 3. The summed E-state index contributed by atoms with van der Waals surface area (Å²) in [4.78, 5) is 4.07. The summed E-state index contributed by atoms with van der Waals surface area (Å²) in [5.74, 6) is -0.471. The first-order chi connectivity index (χ1) is 15.0. The number of hydrogen-bond acceptors (Lipinski definition) is 2. The van der Waals surface area contributed by atoms with Crippen molar-refractivity contribution in [3.63, 3.8) is 0 Å². The van der Waals surface area contributed by atoms with Crippen molar-refractivity contribution in [3.05, 3.63) is 101 Å². The molecule has 3 rings (SSSR count). The average molecular weight is 452 g/mol. The van der Waals surface area contributed by atoms with Gasteiger partial charge in [-0.25, -0.2) is 4.39 Å². The molecule has 2 nitrogen and oxygen atoms in total. The number of nitrogens with one attached hydrogen (secondary N) is 1. The van der Waals surface area contributed by atoms with Gasteiger partial charge in [-0.1, -0.05) is 0 Å². The van der Waals surface area contributed by atoms with E-state index < -0.39 is 29.3 Å². The number of allylic oxidation sites excluding steroid dienone is 1. The third kappa shape index (κ3) is 6.19. The van der Waals surface area contributed by atoms with Crippen LogP contribution in [0.15, 0.2) is 83.9 Å². The molecule has 0 aliphatic rings. The van der Waals surface area contributed by atoms with E-state index in [1.807, 2.05) is 0 Å².